The van der Waals surface area contributed by atoms with E-state index < -0.39 is 17.6 Å². The van der Waals surface area contributed by atoms with E-state index in [9.17, 15) is 9.59 Å². The van der Waals surface area contributed by atoms with Crippen LogP contribution in [0.1, 0.15) is 38.2 Å². The molecule has 0 saturated heterocycles. The van der Waals surface area contributed by atoms with Gasteiger partial charge in [-0.3, -0.25) is 0 Å². The first-order valence-electron chi connectivity index (χ1n) is 5.98. The zero-order valence-electron chi connectivity index (χ0n) is 12.1. The van der Waals surface area contributed by atoms with E-state index in [-0.39, 0.29) is 17.4 Å². The van der Waals surface area contributed by atoms with Crippen molar-refractivity contribution in [3.63, 3.8) is 0 Å². The minimum Gasteiger partial charge on any atom is -0.461 e. The first kappa shape index (κ1) is 16.8. The summed E-state index contributed by atoms with van der Waals surface area (Å²) < 4.78 is 10.7. The molecular weight excluding hydrogens is 300 g/mol. The van der Waals surface area contributed by atoms with E-state index in [4.69, 9.17) is 9.47 Å². The van der Waals surface area contributed by atoms with Crippen LogP contribution in [0.25, 0.3) is 0 Å². The van der Waals surface area contributed by atoms with Crippen molar-refractivity contribution in [1.29, 1.82) is 0 Å². The highest BCUT2D eigenvalue weighted by atomic mass is 32.2. The molecular formula is C12H18N2O4S2. The molecule has 0 fully saturated rings. The number of rotatable bonds is 4. The Bertz CT molecular complexity index is 494. The monoisotopic (exact) mass is 318 g/mol. The van der Waals surface area contributed by atoms with Crippen molar-refractivity contribution >= 4 is 35.2 Å². The number of nitrogens with zero attached hydrogens (tertiary/aromatic N) is 1. The molecule has 0 unspecified atom stereocenters. The first-order chi connectivity index (χ1) is 9.26. The van der Waals surface area contributed by atoms with Gasteiger partial charge in [0.2, 0.25) is 10.8 Å². The standard InChI is InChI=1S/C12H18N2O4S2/c1-6-17-8(15)7-9(20-11(13-7)19-5)18-10(16)14-12(2,3)4/h6H2,1-5H3,(H,14,16). The third-order valence-electron chi connectivity index (χ3n) is 1.88. The number of nitrogens with one attached hydrogen (secondary N) is 1. The molecule has 0 aromatic carbocycles. The summed E-state index contributed by atoms with van der Waals surface area (Å²) in [5, 5.41) is 2.80. The van der Waals surface area contributed by atoms with E-state index in [2.05, 4.69) is 10.3 Å². The van der Waals surface area contributed by atoms with Crippen LogP contribution in [0, 0.1) is 0 Å². The number of carbonyl (C=O) groups is 2. The van der Waals surface area contributed by atoms with Gasteiger partial charge in [-0.05, 0) is 34.0 Å². The van der Waals surface area contributed by atoms with E-state index in [1.54, 1.807) is 6.92 Å². The third kappa shape index (κ3) is 5.01. The Balaban J connectivity index is 2.90. The molecule has 1 aromatic heterocycles. The zero-order chi connectivity index (χ0) is 15.3. The Morgan fingerprint density at radius 3 is 2.55 bits per heavy atom. The number of thioether (sulfide) groups is 1. The van der Waals surface area contributed by atoms with Crippen LogP contribution < -0.4 is 10.1 Å². The van der Waals surface area contributed by atoms with Gasteiger partial charge in [0.1, 0.15) is 0 Å². The van der Waals surface area contributed by atoms with E-state index in [1.165, 1.54) is 11.8 Å². The number of aromatic nitrogens is 1. The lowest BCUT2D eigenvalue weighted by molar-refractivity contribution is 0.0517. The molecule has 0 aliphatic heterocycles. The SMILES string of the molecule is CCOC(=O)c1nc(SC)sc1OC(=O)NC(C)(C)C. The average Bonchev–Trinajstić information content (AvgIpc) is 2.69. The van der Waals surface area contributed by atoms with Crippen molar-refractivity contribution in [3.8, 4) is 5.06 Å². The highest BCUT2D eigenvalue weighted by Crippen LogP contribution is 2.33. The maximum absolute atomic E-state index is 11.8. The van der Waals surface area contributed by atoms with Gasteiger partial charge < -0.3 is 14.8 Å². The predicted octanol–water partition coefficient (Wildman–Crippen LogP) is 2.93. The summed E-state index contributed by atoms with van der Waals surface area (Å²) in [4.78, 5) is 27.6. The van der Waals surface area contributed by atoms with Gasteiger partial charge in [0.25, 0.3) is 0 Å². The summed E-state index contributed by atoms with van der Waals surface area (Å²) in [6.07, 6.45) is 1.20. The highest BCUT2D eigenvalue weighted by Gasteiger charge is 2.24. The Hall–Kier alpha value is -1.28. The summed E-state index contributed by atoms with van der Waals surface area (Å²) in [5.41, 5.74) is -0.390. The van der Waals surface area contributed by atoms with Crippen molar-refractivity contribution in [2.45, 2.75) is 37.6 Å². The maximum Gasteiger partial charge on any atom is 0.413 e. The fourth-order valence-electron chi connectivity index (χ4n) is 1.19. The molecule has 0 aliphatic rings. The Morgan fingerprint density at radius 1 is 1.40 bits per heavy atom. The van der Waals surface area contributed by atoms with Crippen LogP contribution in [0.2, 0.25) is 0 Å². The Morgan fingerprint density at radius 2 is 2.05 bits per heavy atom. The van der Waals surface area contributed by atoms with Gasteiger partial charge >= 0.3 is 12.1 Å². The summed E-state index contributed by atoms with van der Waals surface area (Å²) in [6.45, 7) is 7.44. The quantitative estimate of drug-likeness (QED) is 0.679. The van der Waals surface area contributed by atoms with Gasteiger partial charge in [-0.15, -0.1) is 0 Å². The molecule has 0 spiro atoms. The fourth-order valence-corrected chi connectivity index (χ4v) is 2.57. The lowest BCUT2D eigenvalue weighted by Crippen LogP contribution is -2.42. The molecule has 0 bridgehead atoms. The van der Waals surface area contributed by atoms with Crippen LogP contribution in [0.4, 0.5) is 4.79 Å². The number of carbonyl (C=O) groups excluding carboxylic acids is 2. The normalized spacial score (nSPS) is 11.1. The molecule has 20 heavy (non-hydrogen) atoms. The summed E-state index contributed by atoms with van der Waals surface area (Å²) in [5.74, 6) is -0.595. The molecule has 6 nitrogen and oxygen atoms in total. The largest absolute Gasteiger partial charge is 0.461 e. The molecule has 0 radical (unpaired) electrons. The predicted molar refractivity (Wildman–Crippen MR) is 78.8 cm³/mol. The molecule has 8 heteroatoms. The second kappa shape index (κ2) is 6.94. The van der Waals surface area contributed by atoms with Crippen molar-refractivity contribution in [2.75, 3.05) is 12.9 Å². The zero-order valence-corrected chi connectivity index (χ0v) is 13.7. The number of hydrogen-bond donors (Lipinski definition) is 1. The van der Waals surface area contributed by atoms with Crippen LogP contribution >= 0.6 is 23.1 Å². The van der Waals surface area contributed by atoms with Crippen LogP contribution in [0.15, 0.2) is 4.34 Å². The number of ether oxygens (including phenoxy) is 2. The lowest BCUT2D eigenvalue weighted by atomic mass is 10.1. The van der Waals surface area contributed by atoms with Gasteiger partial charge in [-0.1, -0.05) is 23.1 Å². The topological polar surface area (TPSA) is 77.5 Å². The Kier molecular flexibility index (Phi) is 5.82. The molecule has 112 valence electrons. The minimum absolute atomic E-state index is 0.0326. The number of amides is 1. The van der Waals surface area contributed by atoms with Gasteiger partial charge in [-0.2, -0.15) is 0 Å². The Labute approximate surface area is 126 Å². The maximum atomic E-state index is 11.8. The smallest absolute Gasteiger partial charge is 0.413 e. The van der Waals surface area contributed by atoms with E-state index >= 15 is 0 Å². The van der Waals surface area contributed by atoms with Crippen molar-refractivity contribution in [1.82, 2.24) is 10.3 Å². The number of thiazole rings is 1. The molecule has 1 amide bonds. The molecule has 0 aliphatic carbocycles. The van der Waals surface area contributed by atoms with Crippen LogP contribution in [0.5, 0.6) is 5.06 Å². The summed E-state index contributed by atoms with van der Waals surface area (Å²) in [7, 11) is 0. The van der Waals surface area contributed by atoms with Gasteiger partial charge in [0, 0.05) is 5.54 Å². The molecule has 1 rings (SSSR count). The third-order valence-corrected chi connectivity index (χ3v) is 3.80. The number of esters is 1. The van der Waals surface area contributed by atoms with E-state index in [0.29, 0.717) is 4.34 Å². The first-order valence-corrected chi connectivity index (χ1v) is 8.03. The molecule has 1 N–H and O–H groups in total. The van der Waals surface area contributed by atoms with Gasteiger partial charge in [-0.25, -0.2) is 14.6 Å². The second-order valence-corrected chi connectivity index (χ2v) is 6.82. The minimum atomic E-state index is -0.626. The summed E-state index contributed by atoms with van der Waals surface area (Å²) >= 11 is 2.50. The molecule has 1 aromatic rings. The van der Waals surface area contributed by atoms with Gasteiger partial charge in [0.15, 0.2) is 4.34 Å². The van der Waals surface area contributed by atoms with Crippen molar-refractivity contribution in [3.05, 3.63) is 5.69 Å². The number of hydrogen-bond acceptors (Lipinski definition) is 7. The lowest BCUT2D eigenvalue weighted by Gasteiger charge is -2.19. The molecule has 0 atom stereocenters. The van der Waals surface area contributed by atoms with Crippen LogP contribution in [-0.2, 0) is 4.74 Å². The fraction of sp³-hybridized carbons (Fsp3) is 0.583. The molecule has 0 saturated carbocycles. The van der Waals surface area contributed by atoms with Crippen molar-refractivity contribution in [2.24, 2.45) is 0 Å². The average molecular weight is 318 g/mol. The van der Waals surface area contributed by atoms with E-state index in [0.717, 1.165) is 11.3 Å². The van der Waals surface area contributed by atoms with Crippen molar-refractivity contribution < 1.29 is 19.1 Å². The van der Waals surface area contributed by atoms with Gasteiger partial charge in [0.05, 0.1) is 6.61 Å². The highest BCUT2D eigenvalue weighted by molar-refractivity contribution is 8.00. The van der Waals surface area contributed by atoms with E-state index in [1.807, 2.05) is 27.0 Å². The van der Waals surface area contributed by atoms with Crippen LogP contribution in [0.3, 0.4) is 0 Å². The van der Waals surface area contributed by atoms with Crippen LogP contribution in [-0.4, -0.2) is 35.4 Å². The summed E-state index contributed by atoms with van der Waals surface area (Å²) in [6, 6.07) is 0. The second-order valence-electron chi connectivity index (χ2n) is 4.80. The molecule has 1 heterocycles.